The van der Waals surface area contributed by atoms with Crippen molar-refractivity contribution in [1.29, 1.82) is 0 Å². The first kappa shape index (κ1) is 22.5. The number of ether oxygens (including phenoxy) is 1. The minimum Gasteiger partial charge on any atom is -0.462 e. The molecule has 0 saturated carbocycles. The van der Waals surface area contributed by atoms with E-state index in [0.29, 0.717) is 27.9 Å². The number of nitro groups is 2. The molecule has 0 radical (unpaired) electrons. The monoisotopic (exact) mass is 484 g/mol. The van der Waals surface area contributed by atoms with Crippen molar-refractivity contribution in [3.05, 3.63) is 92.5 Å². The van der Waals surface area contributed by atoms with Crippen LogP contribution < -0.4 is 0 Å². The molecular weight excluding hydrogens is 468 g/mol. The summed E-state index contributed by atoms with van der Waals surface area (Å²) < 4.78 is 6.62. The Morgan fingerprint density at radius 3 is 2.08 bits per heavy atom. The standard InChI is InChI=1S/C24H16N6O6/c1-2-36-24(31)14-7-9-16(10-8-14)28-22(15-11-17(29(32)33)13-18(12-15)30(34)35)27-21-23(28)26-20-6-4-3-5-19(20)25-21/h3-13H,2H2,1H3. The van der Waals surface area contributed by atoms with Gasteiger partial charge in [-0.3, -0.25) is 24.8 Å². The molecule has 0 saturated heterocycles. The molecule has 178 valence electrons. The Bertz CT molecular complexity index is 1650. The third-order valence-electron chi connectivity index (χ3n) is 5.39. The average Bonchev–Trinajstić information content (AvgIpc) is 3.25. The summed E-state index contributed by atoms with van der Waals surface area (Å²) in [4.78, 5) is 47.5. The first-order valence-electron chi connectivity index (χ1n) is 10.7. The second kappa shape index (κ2) is 8.83. The van der Waals surface area contributed by atoms with E-state index in [0.717, 1.165) is 6.07 Å². The molecule has 5 rings (SSSR count). The smallest absolute Gasteiger partial charge is 0.338 e. The second-order valence-electron chi connectivity index (χ2n) is 7.65. The highest BCUT2D eigenvalue weighted by Gasteiger charge is 2.23. The molecule has 0 atom stereocenters. The molecule has 3 aromatic carbocycles. The molecule has 0 unspecified atom stereocenters. The van der Waals surface area contributed by atoms with Gasteiger partial charge in [0, 0.05) is 23.4 Å². The largest absolute Gasteiger partial charge is 0.462 e. The number of nitro benzene ring substituents is 2. The van der Waals surface area contributed by atoms with Crippen molar-refractivity contribution in [3.63, 3.8) is 0 Å². The van der Waals surface area contributed by atoms with Crippen LogP contribution in [0.3, 0.4) is 0 Å². The van der Waals surface area contributed by atoms with Crippen molar-refractivity contribution in [2.75, 3.05) is 6.61 Å². The molecule has 0 spiro atoms. The molecule has 0 fully saturated rings. The van der Waals surface area contributed by atoms with Gasteiger partial charge in [0.15, 0.2) is 11.3 Å². The lowest BCUT2D eigenvalue weighted by Crippen LogP contribution is -2.05. The van der Waals surface area contributed by atoms with Crippen LogP contribution in [0.1, 0.15) is 17.3 Å². The maximum Gasteiger partial charge on any atom is 0.338 e. The lowest BCUT2D eigenvalue weighted by molar-refractivity contribution is -0.394. The lowest BCUT2D eigenvalue weighted by Gasteiger charge is -2.10. The van der Waals surface area contributed by atoms with Crippen molar-refractivity contribution >= 4 is 39.7 Å². The van der Waals surface area contributed by atoms with E-state index in [9.17, 15) is 25.0 Å². The number of hydrogen-bond acceptors (Lipinski definition) is 9. The molecule has 12 heteroatoms. The van der Waals surface area contributed by atoms with Crippen LogP contribution in [0.2, 0.25) is 0 Å². The van der Waals surface area contributed by atoms with Crippen LogP contribution in [0.15, 0.2) is 66.7 Å². The zero-order chi connectivity index (χ0) is 25.4. The maximum absolute atomic E-state index is 12.1. The summed E-state index contributed by atoms with van der Waals surface area (Å²) in [5.41, 5.74) is 1.81. The zero-order valence-electron chi connectivity index (χ0n) is 18.7. The van der Waals surface area contributed by atoms with Gasteiger partial charge in [-0.15, -0.1) is 0 Å². The van der Waals surface area contributed by atoms with Gasteiger partial charge in [-0.05, 0) is 43.3 Å². The summed E-state index contributed by atoms with van der Waals surface area (Å²) in [6.45, 7) is 1.93. The summed E-state index contributed by atoms with van der Waals surface area (Å²) in [6.07, 6.45) is 0. The van der Waals surface area contributed by atoms with Crippen molar-refractivity contribution in [1.82, 2.24) is 19.5 Å². The Kier molecular flexibility index (Phi) is 5.53. The van der Waals surface area contributed by atoms with E-state index < -0.39 is 27.2 Å². The van der Waals surface area contributed by atoms with Crippen LogP contribution in [0.25, 0.3) is 39.4 Å². The molecule has 0 N–H and O–H groups in total. The molecule has 36 heavy (non-hydrogen) atoms. The molecule has 12 nitrogen and oxygen atoms in total. The van der Waals surface area contributed by atoms with Gasteiger partial charge in [0.05, 0.1) is 39.1 Å². The number of benzene rings is 3. The normalized spacial score (nSPS) is 11.0. The minimum absolute atomic E-state index is 0.134. The first-order valence-corrected chi connectivity index (χ1v) is 10.7. The summed E-state index contributed by atoms with van der Waals surface area (Å²) >= 11 is 0. The summed E-state index contributed by atoms with van der Waals surface area (Å²) in [6, 6.07) is 16.9. The van der Waals surface area contributed by atoms with Gasteiger partial charge in [-0.2, -0.15) is 0 Å². The Morgan fingerprint density at radius 2 is 1.50 bits per heavy atom. The fraction of sp³-hybridized carbons (Fsp3) is 0.0833. The molecule has 0 aliphatic heterocycles. The number of rotatable bonds is 6. The molecule has 0 aliphatic carbocycles. The van der Waals surface area contributed by atoms with E-state index in [2.05, 4.69) is 15.0 Å². The summed E-state index contributed by atoms with van der Waals surface area (Å²) in [5, 5.41) is 23.0. The van der Waals surface area contributed by atoms with Gasteiger partial charge in [0.1, 0.15) is 5.82 Å². The van der Waals surface area contributed by atoms with Crippen molar-refractivity contribution in [3.8, 4) is 17.1 Å². The van der Waals surface area contributed by atoms with Crippen LogP contribution in [0, 0.1) is 20.2 Å². The van der Waals surface area contributed by atoms with E-state index in [4.69, 9.17) is 4.74 Å². The molecule has 0 aliphatic rings. The highest BCUT2D eigenvalue weighted by molar-refractivity contribution is 5.90. The van der Waals surface area contributed by atoms with Crippen LogP contribution in [0.4, 0.5) is 11.4 Å². The molecule has 5 aromatic rings. The SMILES string of the molecule is CCOC(=O)c1ccc(-n2c(-c3cc([N+](=O)[O-])cc([N+](=O)[O-])c3)nc3nc4ccccc4nc32)cc1. The number of non-ortho nitro benzene ring substituents is 2. The third-order valence-corrected chi connectivity index (χ3v) is 5.39. The number of carbonyl (C=O) groups excluding carboxylic acids is 1. The van der Waals surface area contributed by atoms with Crippen molar-refractivity contribution in [2.24, 2.45) is 0 Å². The number of nitrogens with zero attached hydrogens (tertiary/aromatic N) is 6. The summed E-state index contributed by atoms with van der Waals surface area (Å²) in [5.74, 6) is -0.323. The Morgan fingerprint density at radius 1 is 0.889 bits per heavy atom. The first-order chi connectivity index (χ1) is 17.4. The van der Waals surface area contributed by atoms with Crippen LogP contribution in [-0.2, 0) is 4.74 Å². The number of aromatic nitrogens is 4. The number of carbonyl (C=O) groups is 1. The molecule has 0 amide bonds. The van der Waals surface area contributed by atoms with Gasteiger partial charge in [-0.25, -0.2) is 19.7 Å². The molecule has 2 heterocycles. The van der Waals surface area contributed by atoms with E-state index >= 15 is 0 Å². The second-order valence-corrected chi connectivity index (χ2v) is 7.65. The zero-order valence-corrected chi connectivity index (χ0v) is 18.7. The number of esters is 1. The predicted molar refractivity (Wildman–Crippen MR) is 129 cm³/mol. The summed E-state index contributed by atoms with van der Waals surface area (Å²) in [7, 11) is 0. The van der Waals surface area contributed by atoms with Gasteiger partial charge in [0.25, 0.3) is 11.4 Å². The van der Waals surface area contributed by atoms with Gasteiger partial charge in [-0.1, -0.05) is 12.1 Å². The molecular formula is C24H16N6O6. The van der Waals surface area contributed by atoms with E-state index in [1.807, 2.05) is 6.07 Å². The topological polar surface area (TPSA) is 156 Å². The van der Waals surface area contributed by atoms with Crippen LogP contribution >= 0.6 is 0 Å². The fourth-order valence-corrected chi connectivity index (χ4v) is 3.79. The Balaban J connectivity index is 1.79. The van der Waals surface area contributed by atoms with Gasteiger partial charge < -0.3 is 4.74 Å². The van der Waals surface area contributed by atoms with Crippen LogP contribution in [-0.4, -0.2) is 41.9 Å². The van der Waals surface area contributed by atoms with E-state index in [1.165, 1.54) is 12.1 Å². The Hall–Kier alpha value is -5.26. The molecule has 0 bridgehead atoms. The highest BCUT2D eigenvalue weighted by atomic mass is 16.6. The predicted octanol–water partition coefficient (Wildman–Crippen LogP) is 4.63. The van der Waals surface area contributed by atoms with Gasteiger partial charge >= 0.3 is 5.97 Å². The third kappa shape index (κ3) is 3.96. The van der Waals surface area contributed by atoms with Gasteiger partial charge in [0.2, 0.25) is 0 Å². The van der Waals surface area contributed by atoms with Crippen molar-refractivity contribution in [2.45, 2.75) is 6.92 Å². The maximum atomic E-state index is 12.1. The number of hydrogen-bond donors (Lipinski definition) is 0. The van der Waals surface area contributed by atoms with E-state index in [-0.39, 0.29) is 23.6 Å². The fourth-order valence-electron chi connectivity index (χ4n) is 3.79. The number of para-hydroxylation sites is 2. The van der Waals surface area contributed by atoms with E-state index in [1.54, 1.807) is 54.0 Å². The number of fused-ring (bicyclic) bond motifs is 2. The average molecular weight is 484 g/mol. The lowest BCUT2D eigenvalue weighted by atomic mass is 10.1. The van der Waals surface area contributed by atoms with Crippen molar-refractivity contribution < 1.29 is 19.4 Å². The van der Waals surface area contributed by atoms with Crippen LogP contribution in [0.5, 0.6) is 0 Å². The Labute approximate surface area is 202 Å². The highest BCUT2D eigenvalue weighted by Crippen LogP contribution is 2.33. The number of imidazole rings is 1. The minimum atomic E-state index is -0.706. The molecule has 2 aromatic heterocycles. The quantitative estimate of drug-likeness (QED) is 0.190.